The Kier molecular flexibility index (Phi) is 1.91. The van der Waals surface area contributed by atoms with Gasteiger partial charge in [-0.15, -0.1) is 0 Å². The average Bonchev–Trinajstić information content (AvgIpc) is 2.61. The fraction of sp³-hybridized carbons (Fsp3) is 0.917. The highest BCUT2D eigenvalue weighted by molar-refractivity contribution is 5.80. The number of fused-ring (bicyclic) bond motifs is 2. The molecule has 3 fully saturated rings. The summed E-state index contributed by atoms with van der Waals surface area (Å²) < 4.78 is 0. The Morgan fingerprint density at radius 2 is 2.13 bits per heavy atom. The molecule has 3 aliphatic rings. The molecule has 2 saturated heterocycles. The molecule has 4 unspecified atom stereocenters. The van der Waals surface area contributed by atoms with E-state index in [0.29, 0.717) is 29.4 Å². The fourth-order valence-electron chi connectivity index (χ4n) is 3.11. The Balaban J connectivity index is 1.57. The molecule has 3 nitrogen and oxygen atoms in total. The van der Waals surface area contributed by atoms with Crippen molar-refractivity contribution in [3.63, 3.8) is 0 Å². The molecule has 2 N–H and O–H groups in total. The molecule has 2 aliphatic heterocycles. The minimum absolute atomic E-state index is 0.250. The maximum absolute atomic E-state index is 12.0. The van der Waals surface area contributed by atoms with Crippen molar-refractivity contribution in [3.8, 4) is 0 Å². The zero-order valence-corrected chi connectivity index (χ0v) is 9.55. The van der Waals surface area contributed by atoms with Crippen molar-refractivity contribution in [1.29, 1.82) is 0 Å². The van der Waals surface area contributed by atoms with Gasteiger partial charge >= 0.3 is 0 Å². The SMILES string of the molecule is CC1(C)CC1NC(=O)C1CC2CCC1N2. The van der Waals surface area contributed by atoms with Gasteiger partial charge in [0.1, 0.15) is 0 Å². The lowest BCUT2D eigenvalue weighted by molar-refractivity contribution is -0.125. The van der Waals surface area contributed by atoms with E-state index in [1.807, 2.05) is 0 Å². The van der Waals surface area contributed by atoms with E-state index in [9.17, 15) is 4.79 Å². The molecule has 15 heavy (non-hydrogen) atoms. The minimum Gasteiger partial charge on any atom is -0.353 e. The van der Waals surface area contributed by atoms with Crippen LogP contribution in [-0.2, 0) is 4.79 Å². The van der Waals surface area contributed by atoms with Crippen LogP contribution < -0.4 is 10.6 Å². The highest BCUT2D eigenvalue weighted by atomic mass is 16.2. The van der Waals surface area contributed by atoms with Crippen molar-refractivity contribution in [2.75, 3.05) is 0 Å². The second-order valence-corrected chi connectivity index (χ2v) is 6.14. The first-order valence-electron chi connectivity index (χ1n) is 6.13. The summed E-state index contributed by atoms with van der Waals surface area (Å²) in [6.45, 7) is 4.44. The first kappa shape index (κ1) is 9.64. The highest BCUT2D eigenvalue weighted by Crippen LogP contribution is 2.45. The summed E-state index contributed by atoms with van der Waals surface area (Å²) in [7, 11) is 0. The van der Waals surface area contributed by atoms with Crippen molar-refractivity contribution in [1.82, 2.24) is 10.6 Å². The second-order valence-electron chi connectivity index (χ2n) is 6.14. The van der Waals surface area contributed by atoms with Crippen molar-refractivity contribution in [2.24, 2.45) is 11.3 Å². The van der Waals surface area contributed by atoms with Gasteiger partial charge in [-0.25, -0.2) is 0 Å². The normalized spacial score (nSPS) is 45.5. The summed E-state index contributed by atoms with van der Waals surface area (Å²) in [6, 6.07) is 1.53. The molecule has 0 aromatic heterocycles. The number of nitrogens with one attached hydrogen (secondary N) is 2. The van der Waals surface area contributed by atoms with E-state index < -0.39 is 0 Å². The molecule has 1 aliphatic carbocycles. The largest absolute Gasteiger partial charge is 0.353 e. The van der Waals surface area contributed by atoms with Crippen LogP contribution in [0.2, 0.25) is 0 Å². The number of hydrogen-bond acceptors (Lipinski definition) is 2. The van der Waals surface area contributed by atoms with Crippen molar-refractivity contribution < 1.29 is 4.79 Å². The third-order valence-corrected chi connectivity index (χ3v) is 4.47. The van der Waals surface area contributed by atoms with E-state index in [2.05, 4.69) is 24.5 Å². The van der Waals surface area contributed by atoms with Crippen molar-refractivity contribution >= 4 is 5.91 Å². The van der Waals surface area contributed by atoms with E-state index >= 15 is 0 Å². The summed E-state index contributed by atoms with van der Waals surface area (Å²) in [5.74, 6) is 0.547. The van der Waals surface area contributed by atoms with E-state index in [-0.39, 0.29) is 5.92 Å². The van der Waals surface area contributed by atoms with Crippen LogP contribution in [-0.4, -0.2) is 24.0 Å². The van der Waals surface area contributed by atoms with Crippen LogP contribution in [0.3, 0.4) is 0 Å². The van der Waals surface area contributed by atoms with Gasteiger partial charge < -0.3 is 10.6 Å². The molecular formula is C12H20N2O. The number of amides is 1. The number of carbonyl (C=O) groups excluding carboxylic acids is 1. The first-order chi connectivity index (χ1) is 7.06. The lowest BCUT2D eigenvalue weighted by Crippen LogP contribution is -2.39. The summed E-state index contributed by atoms with van der Waals surface area (Å²) in [4.78, 5) is 12.0. The second kappa shape index (κ2) is 2.97. The summed E-state index contributed by atoms with van der Waals surface area (Å²) >= 11 is 0. The van der Waals surface area contributed by atoms with Gasteiger partial charge in [-0.3, -0.25) is 4.79 Å². The van der Waals surface area contributed by atoms with Gasteiger partial charge in [0.25, 0.3) is 0 Å². The predicted octanol–water partition coefficient (Wildman–Crippen LogP) is 1.04. The van der Waals surface area contributed by atoms with E-state index in [1.165, 1.54) is 12.8 Å². The van der Waals surface area contributed by atoms with Crippen LogP contribution in [0, 0.1) is 11.3 Å². The van der Waals surface area contributed by atoms with E-state index in [4.69, 9.17) is 0 Å². The maximum atomic E-state index is 12.0. The van der Waals surface area contributed by atoms with Gasteiger partial charge in [-0.05, 0) is 31.1 Å². The van der Waals surface area contributed by atoms with Gasteiger partial charge in [0.15, 0.2) is 0 Å². The molecule has 1 saturated carbocycles. The smallest absolute Gasteiger partial charge is 0.224 e. The Morgan fingerprint density at radius 3 is 2.60 bits per heavy atom. The van der Waals surface area contributed by atoms with Crippen LogP contribution in [0.5, 0.6) is 0 Å². The zero-order chi connectivity index (χ0) is 10.6. The van der Waals surface area contributed by atoms with Gasteiger partial charge in [-0.2, -0.15) is 0 Å². The van der Waals surface area contributed by atoms with E-state index in [0.717, 1.165) is 12.8 Å². The highest BCUT2D eigenvalue weighted by Gasteiger charge is 2.49. The third kappa shape index (κ3) is 1.57. The third-order valence-electron chi connectivity index (χ3n) is 4.47. The Morgan fingerprint density at radius 1 is 1.40 bits per heavy atom. The van der Waals surface area contributed by atoms with Crippen molar-refractivity contribution in [3.05, 3.63) is 0 Å². The standard InChI is InChI=1S/C12H20N2O/c1-12(2)6-10(12)14-11(15)8-5-7-3-4-9(8)13-7/h7-10,13H,3-6H2,1-2H3,(H,14,15). The molecule has 0 aromatic rings. The number of carbonyl (C=O) groups is 1. The Labute approximate surface area is 91.0 Å². The molecular weight excluding hydrogens is 188 g/mol. The fourth-order valence-corrected chi connectivity index (χ4v) is 3.11. The van der Waals surface area contributed by atoms with Crippen LogP contribution in [0.1, 0.15) is 39.5 Å². The maximum Gasteiger partial charge on any atom is 0.224 e. The van der Waals surface area contributed by atoms with Gasteiger partial charge in [-0.1, -0.05) is 13.8 Å². The van der Waals surface area contributed by atoms with Crippen molar-refractivity contribution in [2.45, 2.75) is 57.7 Å². The first-order valence-corrected chi connectivity index (χ1v) is 6.13. The average molecular weight is 208 g/mol. The number of rotatable bonds is 2. The van der Waals surface area contributed by atoms with Gasteiger partial charge in [0.05, 0.1) is 5.92 Å². The summed E-state index contributed by atoms with van der Waals surface area (Å²) in [6.07, 6.45) is 4.66. The molecule has 0 spiro atoms. The molecule has 4 atom stereocenters. The van der Waals surface area contributed by atoms with Crippen LogP contribution in [0.4, 0.5) is 0 Å². The molecule has 2 heterocycles. The Bertz CT molecular complexity index is 300. The topological polar surface area (TPSA) is 41.1 Å². The lowest BCUT2D eigenvalue weighted by atomic mass is 9.88. The molecule has 3 heteroatoms. The molecule has 84 valence electrons. The number of hydrogen-bond donors (Lipinski definition) is 2. The van der Waals surface area contributed by atoms with Gasteiger partial charge in [0, 0.05) is 18.1 Å². The van der Waals surface area contributed by atoms with Gasteiger partial charge in [0.2, 0.25) is 5.91 Å². The quantitative estimate of drug-likeness (QED) is 0.712. The van der Waals surface area contributed by atoms with Crippen LogP contribution in [0.25, 0.3) is 0 Å². The summed E-state index contributed by atoms with van der Waals surface area (Å²) in [5, 5.41) is 6.70. The van der Waals surface area contributed by atoms with Crippen LogP contribution >= 0.6 is 0 Å². The monoisotopic (exact) mass is 208 g/mol. The lowest BCUT2D eigenvalue weighted by Gasteiger charge is -2.19. The molecule has 1 amide bonds. The Hall–Kier alpha value is -0.570. The van der Waals surface area contributed by atoms with E-state index in [1.54, 1.807) is 0 Å². The molecule has 2 bridgehead atoms. The zero-order valence-electron chi connectivity index (χ0n) is 9.55. The molecule has 0 radical (unpaired) electrons. The summed E-state index contributed by atoms with van der Waals surface area (Å²) in [5.41, 5.74) is 0.348. The molecule has 0 aromatic carbocycles. The minimum atomic E-state index is 0.250. The van der Waals surface area contributed by atoms with Crippen LogP contribution in [0.15, 0.2) is 0 Å². The molecule has 3 rings (SSSR count). The predicted molar refractivity (Wildman–Crippen MR) is 58.4 cm³/mol.